The second kappa shape index (κ2) is 6.59. The highest BCUT2D eigenvalue weighted by Crippen LogP contribution is 2.18. The van der Waals surface area contributed by atoms with E-state index in [0.29, 0.717) is 6.04 Å². The maximum absolute atomic E-state index is 5.21. The van der Waals surface area contributed by atoms with Gasteiger partial charge in [0, 0.05) is 31.9 Å². The lowest BCUT2D eigenvalue weighted by Gasteiger charge is -2.19. The minimum atomic E-state index is 0.636. The van der Waals surface area contributed by atoms with Gasteiger partial charge < -0.3 is 15.5 Å². The van der Waals surface area contributed by atoms with Gasteiger partial charge in [0.25, 0.3) is 0 Å². The summed E-state index contributed by atoms with van der Waals surface area (Å²) in [5, 5.41) is 7.34. The van der Waals surface area contributed by atoms with Crippen LogP contribution in [0.1, 0.15) is 19.3 Å². The number of benzene rings is 1. The van der Waals surface area contributed by atoms with E-state index in [2.05, 4.69) is 46.8 Å². The van der Waals surface area contributed by atoms with Crippen molar-refractivity contribution in [3.63, 3.8) is 0 Å². The summed E-state index contributed by atoms with van der Waals surface area (Å²) in [5.74, 6) is 0. The second-order valence-electron chi connectivity index (χ2n) is 4.79. The molecule has 4 heteroatoms. The molecule has 1 aromatic rings. The first kappa shape index (κ1) is 13.1. The van der Waals surface area contributed by atoms with Crippen LogP contribution in [0.3, 0.4) is 0 Å². The van der Waals surface area contributed by atoms with Gasteiger partial charge in [0.05, 0.1) is 0 Å². The van der Waals surface area contributed by atoms with Gasteiger partial charge in [-0.25, -0.2) is 0 Å². The fourth-order valence-electron chi connectivity index (χ4n) is 1.79. The molecule has 0 heterocycles. The Hall–Kier alpha value is -1.29. The van der Waals surface area contributed by atoms with Crippen molar-refractivity contribution in [1.29, 1.82) is 0 Å². The Morgan fingerprint density at radius 3 is 2.72 bits per heavy atom. The van der Waals surface area contributed by atoms with Crippen molar-refractivity contribution in [3.8, 4) is 0 Å². The quantitative estimate of drug-likeness (QED) is 0.607. The summed E-state index contributed by atoms with van der Waals surface area (Å²) in [6, 6.07) is 11.1. The zero-order chi connectivity index (χ0) is 12.8. The van der Waals surface area contributed by atoms with Crippen molar-refractivity contribution in [2.45, 2.75) is 25.3 Å². The first-order chi connectivity index (χ1) is 8.75. The van der Waals surface area contributed by atoms with Crippen LogP contribution in [0.5, 0.6) is 0 Å². The number of anilines is 1. The number of rotatable bonds is 6. The predicted octanol–water partition coefficient (Wildman–Crippen LogP) is 2.14. The number of thiocarbonyl (C=S) groups is 1. The van der Waals surface area contributed by atoms with Crippen LogP contribution in [0.4, 0.5) is 5.69 Å². The highest BCUT2D eigenvalue weighted by atomic mass is 32.1. The van der Waals surface area contributed by atoms with Crippen LogP contribution < -0.4 is 15.5 Å². The Balaban J connectivity index is 1.58. The Morgan fingerprint density at radius 2 is 2.06 bits per heavy atom. The number of nitrogens with zero attached hydrogens (tertiary/aromatic N) is 1. The molecule has 0 radical (unpaired) electrons. The molecule has 0 aromatic heterocycles. The standard InChI is InChI=1S/C14H21N3S/c1-17(13-6-3-2-4-7-13)11-5-10-15-14(18)16-12-8-9-12/h2-4,6-7,12H,5,8-11H2,1H3,(H2,15,16,18). The van der Waals surface area contributed by atoms with Crippen molar-refractivity contribution in [1.82, 2.24) is 10.6 Å². The summed E-state index contributed by atoms with van der Waals surface area (Å²) < 4.78 is 0. The van der Waals surface area contributed by atoms with Crippen LogP contribution >= 0.6 is 12.2 Å². The van der Waals surface area contributed by atoms with E-state index in [1.54, 1.807) is 0 Å². The highest BCUT2D eigenvalue weighted by Gasteiger charge is 2.21. The zero-order valence-corrected chi connectivity index (χ0v) is 11.7. The van der Waals surface area contributed by atoms with Gasteiger partial charge in [-0.1, -0.05) is 18.2 Å². The number of nitrogens with one attached hydrogen (secondary N) is 2. The molecule has 1 saturated carbocycles. The number of hydrogen-bond acceptors (Lipinski definition) is 2. The molecule has 0 aliphatic heterocycles. The van der Waals surface area contributed by atoms with Gasteiger partial charge in [0.1, 0.15) is 0 Å². The Bertz CT molecular complexity index is 376. The third-order valence-electron chi connectivity index (χ3n) is 3.07. The van der Waals surface area contributed by atoms with Gasteiger partial charge >= 0.3 is 0 Å². The SMILES string of the molecule is CN(CCCNC(=S)NC1CC1)c1ccccc1. The second-order valence-corrected chi connectivity index (χ2v) is 5.19. The molecule has 2 rings (SSSR count). The lowest BCUT2D eigenvalue weighted by molar-refractivity contribution is 0.738. The van der Waals surface area contributed by atoms with E-state index < -0.39 is 0 Å². The Morgan fingerprint density at radius 1 is 1.33 bits per heavy atom. The van der Waals surface area contributed by atoms with Gasteiger partial charge in [-0.05, 0) is 43.6 Å². The maximum atomic E-state index is 5.21. The molecule has 1 aromatic carbocycles. The summed E-state index contributed by atoms with van der Waals surface area (Å²) in [4.78, 5) is 2.26. The fourth-order valence-corrected chi connectivity index (χ4v) is 2.06. The van der Waals surface area contributed by atoms with Crippen LogP contribution in [0.15, 0.2) is 30.3 Å². The van der Waals surface area contributed by atoms with Gasteiger partial charge in [0.15, 0.2) is 5.11 Å². The summed E-state index contributed by atoms with van der Waals surface area (Å²) in [5.41, 5.74) is 1.26. The smallest absolute Gasteiger partial charge is 0.166 e. The summed E-state index contributed by atoms with van der Waals surface area (Å²) in [7, 11) is 2.12. The highest BCUT2D eigenvalue weighted by molar-refractivity contribution is 7.80. The van der Waals surface area contributed by atoms with Gasteiger partial charge in [-0.2, -0.15) is 0 Å². The van der Waals surface area contributed by atoms with E-state index in [9.17, 15) is 0 Å². The molecule has 0 saturated heterocycles. The first-order valence-electron chi connectivity index (χ1n) is 6.56. The first-order valence-corrected chi connectivity index (χ1v) is 6.97. The number of hydrogen-bond donors (Lipinski definition) is 2. The molecule has 1 aliphatic carbocycles. The molecule has 0 spiro atoms. The third-order valence-corrected chi connectivity index (χ3v) is 3.33. The van der Waals surface area contributed by atoms with E-state index in [0.717, 1.165) is 24.6 Å². The summed E-state index contributed by atoms with van der Waals surface area (Å²) in [6.07, 6.45) is 3.61. The molecule has 0 amide bonds. The van der Waals surface area contributed by atoms with E-state index in [1.165, 1.54) is 18.5 Å². The fraction of sp³-hybridized carbons (Fsp3) is 0.500. The molecule has 0 unspecified atom stereocenters. The lowest BCUT2D eigenvalue weighted by Crippen LogP contribution is -2.37. The molecular weight excluding hydrogens is 242 g/mol. The molecule has 98 valence electrons. The summed E-state index contributed by atoms with van der Waals surface area (Å²) >= 11 is 5.21. The topological polar surface area (TPSA) is 27.3 Å². The van der Waals surface area contributed by atoms with Gasteiger partial charge in [-0.3, -0.25) is 0 Å². The average molecular weight is 263 g/mol. The van der Waals surface area contributed by atoms with Gasteiger partial charge in [-0.15, -0.1) is 0 Å². The van der Waals surface area contributed by atoms with Crippen LogP contribution in [0, 0.1) is 0 Å². The van der Waals surface area contributed by atoms with E-state index >= 15 is 0 Å². The van der Waals surface area contributed by atoms with Crippen LogP contribution in [0.2, 0.25) is 0 Å². The lowest BCUT2D eigenvalue weighted by atomic mass is 10.3. The molecule has 1 fully saturated rings. The van der Waals surface area contributed by atoms with Crippen LogP contribution in [-0.4, -0.2) is 31.3 Å². The molecule has 0 atom stereocenters. The maximum Gasteiger partial charge on any atom is 0.166 e. The molecule has 0 bridgehead atoms. The van der Waals surface area contributed by atoms with Crippen molar-refractivity contribution >= 4 is 23.0 Å². The van der Waals surface area contributed by atoms with Crippen molar-refractivity contribution in [3.05, 3.63) is 30.3 Å². The van der Waals surface area contributed by atoms with Crippen molar-refractivity contribution in [2.75, 3.05) is 25.0 Å². The Kier molecular flexibility index (Phi) is 4.81. The summed E-state index contributed by atoms with van der Waals surface area (Å²) in [6.45, 7) is 1.96. The van der Waals surface area contributed by atoms with Crippen molar-refractivity contribution < 1.29 is 0 Å². The molecular formula is C14H21N3S. The normalized spacial score (nSPS) is 14.1. The van der Waals surface area contributed by atoms with Crippen LogP contribution in [0.25, 0.3) is 0 Å². The van der Waals surface area contributed by atoms with E-state index in [-0.39, 0.29) is 0 Å². The average Bonchev–Trinajstić information content (AvgIpc) is 3.19. The predicted molar refractivity (Wildman–Crippen MR) is 81.1 cm³/mol. The molecule has 3 nitrogen and oxygen atoms in total. The van der Waals surface area contributed by atoms with Crippen molar-refractivity contribution in [2.24, 2.45) is 0 Å². The van der Waals surface area contributed by atoms with E-state index in [4.69, 9.17) is 12.2 Å². The largest absolute Gasteiger partial charge is 0.375 e. The molecule has 1 aliphatic rings. The van der Waals surface area contributed by atoms with Crippen LogP contribution in [-0.2, 0) is 0 Å². The van der Waals surface area contributed by atoms with Gasteiger partial charge in [0.2, 0.25) is 0 Å². The minimum absolute atomic E-state index is 0.636. The van der Waals surface area contributed by atoms with E-state index in [1.807, 2.05) is 6.07 Å². The third kappa shape index (κ3) is 4.53. The molecule has 18 heavy (non-hydrogen) atoms. The number of para-hydroxylation sites is 1. The monoisotopic (exact) mass is 263 g/mol. The Labute approximate surface area is 115 Å². The zero-order valence-electron chi connectivity index (χ0n) is 10.9. The minimum Gasteiger partial charge on any atom is -0.375 e. The molecule has 2 N–H and O–H groups in total.